The van der Waals surface area contributed by atoms with E-state index in [-0.39, 0.29) is 29.6 Å². The molecule has 1 unspecified atom stereocenters. The van der Waals surface area contributed by atoms with E-state index in [0.717, 1.165) is 12.8 Å². The average Bonchev–Trinajstić information content (AvgIpc) is 2.17. The van der Waals surface area contributed by atoms with E-state index in [9.17, 15) is 9.46 Å². The minimum Gasteiger partial charge on any atom is -0.799 e. The van der Waals surface area contributed by atoms with Gasteiger partial charge in [-0.15, -0.1) is 8.58 Å². The molecule has 0 aromatic heterocycles. The van der Waals surface area contributed by atoms with Crippen molar-refractivity contribution in [2.75, 3.05) is 24.6 Å². The van der Waals surface area contributed by atoms with Crippen LogP contribution in [0.1, 0.15) is 40.5 Å². The molecule has 0 amide bonds. The summed E-state index contributed by atoms with van der Waals surface area (Å²) < 4.78 is 10.8. The molecule has 0 fully saturated rings. The van der Waals surface area contributed by atoms with E-state index in [1.165, 1.54) is 20.9 Å². The van der Waals surface area contributed by atoms with Crippen LogP contribution in [0.5, 0.6) is 0 Å². The summed E-state index contributed by atoms with van der Waals surface area (Å²) in [6, 6.07) is 0. The summed E-state index contributed by atoms with van der Waals surface area (Å²) in [6.45, 7) is 8.14. The van der Waals surface area contributed by atoms with Gasteiger partial charge in [-0.1, -0.05) is 34.1 Å². The van der Waals surface area contributed by atoms with E-state index >= 15 is 0 Å². The largest absolute Gasteiger partial charge is 1.00 e. The predicted molar refractivity (Wildman–Crippen MR) is 67.3 cm³/mol. The van der Waals surface area contributed by atoms with Gasteiger partial charge in [0.2, 0.25) is 0 Å². The smallest absolute Gasteiger partial charge is 0.799 e. The maximum absolute atomic E-state index is 10.8. The van der Waals surface area contributed by atoms with Crippen molar-refractivity contribution in [3.63, 3.8) is 0 Å². The van der Waals surface area contributed by atoms with Gasteiger partial charge in [-0.2, -0.15) is 0 Å². The Morgan fingerprint density at radius 2 is 1.60 bits per heavy atom. The molecule has 0 saturated heterocycles. The second kappa shape index (κ2) is 15.6. The third-order valence-corrected chi connectivity index (χ3v) is 4.80. The van der Waals surface area contributed by atoms with E-state index < -0.39 is 7.37 Å². The Kier molecular flexibility index (Phi) is 22.8. The van der Waals surface area contributed by atoms with Crippen LogP contribution < -0.4 is 34.5 Å². The van der Waals surface area contributed by atoms with Gasteiger partial charge in [0.15, 0.2) is 0 Å². The summed E-state index contributed by atoms with van der Waals surface area (Å²) in [4.78, 5) is 10.8. The van der Waals surface area contributed by atoms with Crippen LogP contribution in [0.2, 0.25) is 0 Å². The molecule has 0 aliphatic rings. The summed E-state index contributed by atoms with van der Waals surface area (Å²) in [5.74, 6) is 0. The molecule has 0 rings (SSSR count). The predicted octanol–water partition coefficient (Wildman–Crippen LogP) is 0.154. The van der Waals surface area contributed by atoms with Crippen molar-refractivity contribution in [1.29, 1.82) is 0 Å². The van der Waals surface area contributed by atoms with Gasteiger partial charge in [0, 0.05) is 7.37 Å². The van der Waals surface area contributed by atoms with Gasteiger partial charge in [0.05, 0.1) is 0 Å². The van der Waals surface area contributed by atoms with Crippen molar-refractivity contribution in [2.45, 2.75) is 40.5 Å². The quantitative estimate of drug-likeness (QED) is 0.505. The van der Waals surface area contributed by atoms with Gasteiger partial charge in [0.25, 0.3) is 0 Å². The second-order valence-corrected chi connectivity index (χ2v) is 7.79. The van der Waals surface area contributed by atoms with E-state index in [2.05, 4.69) is 13.8 Å². The zero-order valence-electron chi connectivity index (χ0n) is 11.0. The normalized spacial score (nSPS) is 13.1. The number of hydrogen-bond donors (Lipinski definition) is 0. The minimum atomic E-state index is -2.94. The SMILES string of the molecule is CCCCP(=O)([O-])CC.CCPCC.[Na+]. The summed E-state index contributed by atoms with van der Waals surface area (Å²) in [6.07, 6.45) is 5.22. The van der Waals surface area contributed by atoms with Gasteiger partial charge < -0.3 is 9.46 Å². The van der Waals surface area contributed by atoms with Crippen molar-refractivity contribution in [3.05, 3.63) is 0 Å². The molecule has 0 radical (unpaired) electrons. The molecule has 0 N–H and O–H groups in total. The van der Waals surface area contributed by atoms with Crippen LogP contribution in [0.15, 0.2) is 0 Å². The van der Waals surface area contributed by atoms with Gasteiger partial charge in [-0.05, 0) is 31.1 Å². The molecule has 0 aliphatic heterocycles. The fraction of sp³-hybridized carbons (Fsp3) is 1.00. The van der Waals surface area contributed by atoms with Gasteiger partial charge in [-0.3, -0.25) is 0 Å². The minimum absolute atomic E-state index is 0. The van der Waals surface area contributed by atoms with Crippen molar-refractivity contribution in [2.24, 2.45) is 0 Å². The van der Waals surface area contributed by atoms with Crippen LogP contribution >= 0.6 is 15.9 Å². The standard InChI is InChI=1S/C6H15O2P.C4H11P.Na/c1-3-5-6-9(7,8)4-2;1-3-5-4-2;/h3-6H2,1-2H3,(H,7,8);5H,3-4H2,1-2H3;/q;;+1/p-1. The third kappa shape index (κ3) is 21.5. The Morgan fingerprint density at radius 3 is 1.80 bits per heavy atom. The zero-order valence-corrected chi connectivity index (χ0v) is 14.9. The first-order valence-corrected chi connectivity index (χ1v) is 8.94. The molecule has 88 valence electrons. The summed E-state index contributed by atoms with van der Waals surface area (Å²) in [5.41, 5.74) is 0. The fourth-order valence-corrected chi connectivity index (χ4v) is 2.42. The van der Waals surface area contributed by atoms with E-state index in [4.69, 9.17) is 0 Å². The van der Waals surface area contributed by atoms with E-state index in [1.807, 2.05) is 6.92 Å². The first-order valence-electron chi connectivity index (χ1n) is 5.53. The van der Waals surface area contributed by atoms with Crippen LogP contribution in [0, 0.1) is 0 Å². The van der Waals surface area contributed by atoms with Crippen LogP contribution in [-0.4, -0.2) is 24.6 Å². The Balaban J connectivity index is -0.000000208. The topological polar surface area (TPSA) is 40.1 Å². The molecule has 5 heteroatoms. The molecule has 1 atom stereocenters. The van der Waals surface area contributed by atoms with Crippen molar-refractivity contribution < 1.29 is 39.0 Å². The molecule has 0 bridgehead atoms. The molecule has 0 aliphatic carbocycles. The molecular formula is C10H25NaO2P2. The van der Waals surface area contributed by atoms with Crippen LogP contribution in [0.4, 0.5) is 0 Å². The molecular weight excluding hydrogens is 237 g/mol. The Morgan fingerprint density at radius 1 is 1.13 bits per heavy atom. The van der Waals surface area contributed by atoms with Crippen molar-refractivity contribution >= 4 is 15.9 Å². The first-order chi connectivity index (χ1) is 6.54. The monoisotopic (exact) mass is 262 g/mol. The van der Waals surface area contributed by atoms with Crippen molar-refractivity contribution in [1.82, 2.24) is 0 Å². The summed E-state index contributed by atoms with van der Waals surface area (Å²) in [7, 11) is -1.74. The maximum atomic E-state index is 10.8. The molecule has 0 spiro atoms. The van der Waals surface area contributed by atoms with Crippen LogP contribution in [0.25, 0.3) is 0 Å². The summed E-state index contributed by atoms with van der Waals surface area (Å²) in [5, 5.41) is 0. The molecule has 0 aromatic carbocycles. The maximum Gasteiger partial charge on any atom is 1.00 e. The molecule has 0 aromatic rings. The van der Waals surface area contributed by atoms with Crippen LogP contribution in [0.3, 0.4) is 0 Å². The van der Waals surface area contributed by atoms with E-state index in [1.54, 1.807) is 6.92 Å². The Hall–Kier alpha value is 1.62. The van der Waals surface area contributed by atoms with Gasteiger partial charge in [-0.25, -0.2) is 0 Å². The first kappa shape index (κ1) is 21.9. The van der Waals surface area contributed by atoms with Crippen LogP contribution in [-0.2, 0) is 4.57 Å². The third-order valence-electron chi connectivity index (χ3n) is 1.83. The number of hydrogen-bond acceptors (Lipinski definition) is 2. The Labute approximate surface area is 120 Å². The van der Waals surface area contributed by atoms with Gasteiger partial charge in [0.1, 0.15) is 0 Å². The number of unbranched alkanes of at least 4 members (excludes halogenated alkanes) is 1. The molecule has 2 nitrogen and oxygen atoms in total. The Bertz CT molecular complexity index is 152. The fourth-order valence-electron chi connectivity index (χ4n) is 0.807. The molecule has 15 heavy (non-hydrogen) atoms. The van der Waals surface area contributed by atoms with E-state index in [0.29, 0.717) is 12.3 Å². The van der Waals surface area contributed by atoms with Gasteiger partial charge >= 0.3 is 29.6 Å². The zero-order chi connectivity index (χ0) is 11.4. The second-order valence-electron chi connectivity index (χ2n) is 3.17. The average molecular weight is 262 g/mol. The molecule has 0 saturated carbocycles. The summed E-state index contributed by atoms with van der Waals surface area (Å²) >= 11 is 0. The number of rotatable bonds is 6. The molecule has 0 heterocycles. The van der Waals surface area contributed by atoms with Crippen molar-refractivity contribution in [3.8, 4) is 0 Å².